The average Bonchev–Trinajstić information content (AvgIpc) is 2.41. The molecule has 0 aliphatic carbocycles. The lowest BCUT2D eigenvalue weighted by Crippen LogP contribution is -1.98. The summed E-state index contributed by atoms with van der Waals surface area (Å²) >= 11 is 0. The van der Waals surface area contributed by atoms with Crippen LogP contribution in [0.1, 0.15) is 5.82 Å². The normalized spacial score (nSPS) is 10.6. The standard InChI is InChI=1S/C15H12FN3/c1-10-17-14-5-3-2-4-13(14)15(18-10)19-12-8-6-11(16)7-9-12/h2-9H,1H3,(H,17,18,19). The molecule has 0 saturated carbocycles. The maximum atomic E-state index is 12.9. The Morgan fingerprint density at radius 2 is 1.68 bits per heavy atom. The smallest absolute Gasteiger partial charge is 0.142 e. The summed E-state index contributed by atoms with van der Waals surface area (Å²) in [5, 5.41) is 4.14. The van der Waals surface area contributed by atoms with E-state index in [1.807, 2.05) is 31.2 Å². The fourth-order valence-corrected chi connectivity index (χ4v) is 1.96. The molecule has 3 aromatic rings. The molecule has 2 aromatic carbocycles. The number of anilines is 2. The van der Waals surface area contributed by atoms with Gasteiger partial charge in [0.25, 0.3) is 0 Å². The van der Waals surface area contributed by atoms with Gasteiger partial charge in [0.05, 0.1) is 5.52 Å². The van der Waals surface area contributed by atoms with E-state index >= 15 is 0 Å². The van der Waals surface area contributed by atoms with Crippen LogP contribution in [0.25, 0.3) is 10.9 Å². The van der Waals surface area contributed by atoms with Crippen LogP contribution in [0.3, 0.4) is 0 Å². The average molecular weight is 253 g/mol. The fourth-order valence-electron chi connectivity index (χ4n) is 1.96. The van der Waals surface area contributed by atoms with E-state index in [-0.39, 0.29) is 5.82 Å². The molecular weight excluding hydrogens is 241 g/mol. The Morgan fingerprint density at radius 1 is 0.947 bits per heavy atom. The van der Waals surface area contributed by atoms with Crippen molar-refractivity contribution in [3.63, 3.8) is 0 Å². The topological polar surface area (TPSA) is 37.8 Å². The summed E-state index contributed by atoms with van der Waals surface area (Å²) in [6.07, 6.45) is 0. The Labute approximate surface area is 110 Å². The highest BCUT2D eigenvalue weighted by Gasteiger charge is 2.05. The van der Waals surface area contributed by atoms with E-state index in [2.05, 4.69) is 15.3 Å². The molecule has 94 valence electrons. The Kier molecular flexibility index (Phi) is 2.83. The first-order valence-corrected chi connectivity index (χ1v) is 5.98. The van der Waals surface area contributed by atoms with E-state index in [0.717, 1.165) is 22.4 Å². The van der Waals surface area contributed by atoms with E-state index in [1.165, 1.54) is 12.1 Å². The van der Waals surface area contributed by atoms with Crippen LogP contribution >= 0.6 is 0 Å². The molecule has 0 saturated heterocycles. The molecule has 0 amide bonds. The van der Waals surface area contributed by atoms with Crippen LogP contribution in [0.15, 0.2) is 48.5 Å². The van der Waals surface area contributed by atoms with Crippen molar-refractivity contribution in [2.45, 2.75) is 6.92 Å². The zero-order chi connectivity index (χ0) is 13.2. The SMILES string of the molecule is Cc1nc(Nc2ccc(F)cc2)c2ccccc2n1. The number of nitrogens with zero attached hydrogens (tertiary/aromatic N) is 2. The third-order valence-electron chi connectivity index (χ3n) is 2.82. The molecule has 3 nitrogen and oxygen atoms in total. The molecule has 1 heterocycles. The van der Waals surface area contributed by atoms with Gasteiger partial charge in [-0.05, 0) is 43.3 Å². The number of fused-ring (bicyclic) bond motifs is 1. The van der Waals surface area contributed by atoms with Crippen molar-refractivity contribution in [1.29, 1.82) is 0 Å². The maximum Gasteiger partial charge on any atom is 0.142 e. The molecule has 0 fully saturated rings. The van der Waals surface area contributed by atoms with Crippen molar-refractivity contribution >= 4 is 22.4 Å². The first-order valence-electron chi connectivity index (χ1n) is 5.98. The summed E-state index contributed by atoms with van der Waals surface area (Å²) in [6, 6.07) is 14.0. The Morgan fingerprint density at radius 3 is 2.47 bits per heavy atom. The Hall–Kier alpha value is -2.49. The monoisotopic (exact) mass is 253 g/mol. The minimum Gasteiger partial charge on any atom is -0.340 e. The quantitative estimate of drug-likeness (QED) is 0.754. The minimum atomic E-state index is -0.255. The van der Waals surface area contributed by atoms with Gasteiger partial charge in [-0.15, -0.1) is 0 Å². The summed E-state index contributed by atoms with van der Waals surface area (Å²) in [5.41, 5.74) is 1.68. The number of rotatable bonds is 2. The number of para-hydroxylation sites is 1. The number of aryl methyl sites for hydroxylation is 1. The number of hydrogen-bond acceptors (Lipinski definition) is 3. The van der Waals surface area contributed by atoms with Crippen LogP contribution in [0.2, 0.25) is 0 Å². The van der Waals surface area contributed by atoms with Gasteiger partial charge in [-0.25, -0.2) is 14.4 Å². The molecule has 0 radical (unpaired) electrons. The van der Waals surface area contributed by atoms with Gasteiger partial charge in [-0.2, -0.15) is 0 Å². The molecule has 0 aliphatic heterocycles. The summed E-state index contributed by atoms with van der Waals surface area (Å²) < 4.78 is 12.9. The van der Waals surface area contributed by atoms with E-state index in [0.29, 0.717) is 5.82 Å². The van der Waals surface area contributed by atoms with Crippen molar-refractivity contribution in [2.75, 3.05) is 5.32 Å². The van der Waals surface area contributed by atoms with Crippen LogP contribution in [0.5, 0.6) is 0 Å². The highest BCUT2D eigenvalue weighted by Crippen LogP contribution is 2.23. The van der Waals surface area contributed by atoms with Crippen molar-refractivity contribution in [3.05, 3.63) is 60.2 Å². The highest BCUT2D eigenvalue weighted by atomic mass is 19.1. The van der Waals surface area contributed by atoms with E-state index in [9.17, 15) is 4.39 Å². The summed E-state index contributed by atoms with van der Waals surface area (Å²) in [4.78, 5) is 8.78. The summed E-state index contributed by atoms with van der Waals surface area (Å²) in [6.45, 7) is 1.85. The lowest BCUT2D eigenvalue weighted by atomic mass is 10.2. The molecule has 0 bridgehead atoms. The second kappa shape index (κ2) is 4.65. The first-order chi connectivity index (χ1) is 9.22. The second-order valence-electron chi connectivity index (χ2n) is 4.27. The van der Waals surface area contributed by atoms with Crippen LogP contribution in [-0.2, 0) is 0 Å². The zero-order valence-corrected chi connectivity index (χ0v) is 10.4. The van der Waals surface area contributed by atoms with Gasteiger partial charge in [0.15, 0.2) is 0 Å². The molecule has 19 heavy (non-hydrogen) atoms. The Bertz CT molecular complexity index is 723. The second-order valence-corrected chi connectivity index (χ2v) is 4.27. The van der Waals surface area contributed by atoms with Crippen molar-refractivity contribution in [1.82, 2.24) is 9.97 Å². The van der Waals surface area contributed by atoms with Crippen molar-refractivity contribution in [2.24, 2.45) is 0 Å². The lowest BCUT2D eigenvalue weighted by Gasteiger charge is -2.09. The molecule has 4 heteroatoms. The van der Waals surface area contributed by atoms with Crippen LogP contribution in [0.4, 0.5) is 15.9 Å². The molecule has 0 spiro atoms. The molecule has 1 aromatic heterocycles. The van der Waals surface area contributed by atoms with Gasteiger partial charge in [-0.1, -0.05) is 12.1 Å². The van der Waals surface area contributed by atoms with Gasteiger partial charge < -0.3 is 5.32 Å². The zero-order valence-electron chi connectivity index (χ0n) is 10.4. The highest BCUT2D eigenvalue weighted by molar-refractivity contribution is 5.90. The van der Waals surface area contributed by atoms with Gasteiger partial charge in [0, 0.05) is 11.1 Å². The van der Waals surface area contributed by atoms with E-state index < -0.39 is 0 Å². The first kappa shape index (κ1) is 11.6. The minimum absolute atomic E-state index is 0.255. The number of nitrogens with one attached hydrogen (secondary N) is 1. The van der Waals surface area contributed by atoms with Crippen LogP contribution < -0.4 is 5.32 Å². The largest absolute Gasteiger partial charge is 0.340 e. The van der Waals surface area contributed by atoms with Gasteiger partial charge >= 0.3 is 0 Å². The number of hydrogen-bond donors (Lipinski definition) is 1. The van der Waals surface area contributed by atoms with Gasteiger partial charge in [-0.3, -0.25) is 0 Å². The summed E-state index contributed by atoms with van der Waals surface area (Å²) in [7, 11) is 0. The van der Waals surface area contributed by atoms with Gasteiger partial charge in [0.2, 0.25) is 0 Å². The van der Waals surface area contributed by atoms with E-state index in [4.69, 9.17) is 0 Å². The maximum absolute atomic E-state index is 12.9. The van der Waals surface area contributed by atoms with Crippen LogP contribution in [-0.4, -0.2) is 9.97 Å². The van der Waals surface area contributed by atoms with Crippen molar-refractivity contribution < 1.29 is 4.39 Å². The Balaban J connectivity index is 2.07. The van der Waals surface area contributed by atoms with Crippen molar-refractivity contribution in [3.8, 4) is 0 Å². The van der Waals surface area contributed by atoms with Crippen LogP contribution in [0, 0.1) is 12.7 Å². The number of benzene rings is 2. The number of aromatic nitrogens is 2. The predicted octanol–water partition coefficient (Wildman–Crippen LogP) is 3.82. The fraction of sp³-hybridized carbons (Fsp3) is 0.0667. The lowest BCUT2D eigenvalue weighted by molar-refractivity contribution is 0.628. The molecule has 0 unspecified atom stereocenters. The molecule has 1 N–H and O–H groups in total. The predicted molar refractivity (Wildman–Crippen MR) is 74.0 cm³/mol. The third-order valence-corrected chi connectivity index (χ3v) is 2.82. The third kappa shape index (κ3) is 2.38. The summed E-state index contributed by atoms with van der Waals surface area (Å²) in [5.74, 6) is 1.17. The molecule has 3 rings (SSSR count). The number of halogens is 1. The molecule has 0 atom stereocenters. The van der Waals surface area contributed by atoms with E-state index in [1.54, 1.807) is 12.1 Å². The molecular formula is C15H12FN3. The molecule has 0 aliphatic rings. The van der Waals surface area contributed by atoms with Gasteiger partial charge in [0.1, 0.15) is 17.5 Å².